The Morgan fingerprint density at radius 1 is 1.17 bits per heavy atom. The molecular formula is C20H19F3N6. The van der Waals surface area contributed by atoms with Crippen LogP contribution in [0.2, 0.25) is 0 Å². The first kappa shape index (κ1) is 18.1. The number of nitrogens with zero attached hydrogens (tertiary/aromatic N) is 6. The molecule has 3 aromatic rings. The summed E-state index contributed by atoms with van der Waals surface area (Å²) in [5.74, 6) is 1.54. The van der Waals surface area contributed by atoms with Crippen molar-refractivity contribution < 1.29 is 13.2 Å². The number of alkyl halides is 3. The summed E-state index contributed by atoms with van der Waals surface area (Å²) in [4.78, 5) is 11.2. The van der Waals surface area contributed by atoms with E-state index in [-0.39, 0.29) is 17.4 Å². The third-order valence-corrected chi connectivity index (χ3v) is 5.79. The molecule has 1 saturated carbocycles. The monoisotopic (exact) mass is 400 g/mol. The second-order valence-electron chi connectivity index (χ2n) is 7.42. The molecule has 150 valence electrons. The summed E-state index contributed by atoms with van der Waals surface area (Å²) < 4.78 is 42.4. The van der Waals surface area contributed by atoms with E-state index in [0.29, 0.717) is 17.5 Å². The molecule has 29 heavy (non-hydrogen) atoms. The van der Waals surface area contributed by atoms with Crippen LogP contribution >= 0.6 is 0 Å². The van der Waals surface area contributed by atoms with Gasteiger partial charge >= 0.3 is 6.18 Å². The van der Waals surface area contributed by atoms with E-state index in [4.69, 9.17) is 0 Å². The second-order valence-corrected chi connectivity index (χ2v) is 7.42. The number of benzene rings is 1. The van der Waals surface area contributed by atoms with E-state index in [0.717, 1.165) is 37.6 Å². The third kappa shape index (κ3) is 2.79. The molecule has 1 fully saturated rings. The minimum absolute atomic E-state index is 0.0149. The van der Waals surface area contributed by atoms with Gasteiger partial charge in [-0.2, -0.15) is 13.2 Å². The highest BCUT2D eigenvalue weighted by molar-refractivity contribution is 5.68. The van der Waals surface area contributed by atoms with Crippen molar-refractivity contribution in [2.75, 3.05) is 4.90 Å². The topological polar surface area (TPSA) is 59.7 Å². The summed E-state index contributed by atoms with van der Waals surface area (Å²) in [6.07, 6.45) is 2.71. The Balaban J connectivity index is 1.70. The normalized spacial score (nSPS) is 18.9. The molecule has 1 unspecified atom stereocenters. The van der Waals surface area contributed by atoms with Crippen LogP contribution in [0.25, 0.3) is 17.1 Å². The highest BCUT2D eigenvalue weighted by atomic mass is 19.4. The Hall–Kier alpha value is -2.97. The first-order valence-corrected chi connectivity index (χ1v) is 9.71. The quantitative estimate of drug-likeness (QED) is 0.645. The summed E-state index contributed by atoms with van der Waals surface area (Å²) >= 11 is 0. The number of rotatable bonds is 3. The van der Waals surface area contributed by atoms with Crippen molar-refractivity contribution in [3.8, 4) is 17.1 Å². The first-order chi connectivity index (χ1) is 14.0. The highest BCUT2D eigenvalue weighted by Crippen LogP contribution is 2.44. The predicted molar refractivity (Wildman–Crippen MR) is 101 cm³/mol. The lowest BCUT2D eigenvalue weighted by molar-refractivity contribution is -0.137. The molecule has 2 aromatic heterocycles. The largest absolute Gasteiger partial charge is 0.417 e. The molecule has 0 spiro atoms. The molecular weight excluding hydrogens is 381 g/mol. The minimum Gasteiger partial charge on any atom is -0.342 e. The predicted octanol–water partition coefficient (Wildman–Crippen LogP) is 4.57. The van der Waals surface area contributed by atoms with Crippen molar-refractivity contribution in [3.05, 3.63) is 48.2 Å². The molecule has 0 N–H and O–H groups in total. The van der Waals surface area contributed by atoms with Gasteiger partial charge in [0.15, 0.2) is 17.5 Å². The maximum atomic E-state index is 13.5. The van der Waals surface area contributed by atoms with Gasteiger partial charge in [-0.05, 0) is 31.7 Å². The van der Waals surface area contributed by atoms with Crippen LogP contribution in [0.3, 0.4) is 0 Å². The van der Waals surface area contributed by atoms with Crippen molar-refractivity contribution in [2.45, 2.75) is 50.9 Å². The van der Waals surface area contributed by atoms with E-state index in [1.807, 2.05) is 4.57 Å². The van der Waals surface area contributed by atoms with Gasteiger partial charge in [0, 0.05) is 11.6 Å². The SMILES string of the molecule is CCC1c2nncn2-c2cnc(-c3ccccc3C(F)(F)F)nc2N1C1CCC1. The number of hydrogen-bond donors (Lipinski definition) is 0. The lowest BCUT2D eigenvalue weighted by Gasteiger charge is -2.45. The van der Waals surface area contributed by atoms with Gasteiger partial charge in [-0.1, -0.05) is 25.1 Å². The van der Waals surface area contributed by atoms with Gasteiger partial charge in [-0.3, -0.25) is 4.57 Å². The lowest BCUT2D eigenvalue weighted by Crippen LogP contribution is -2.46. The van der Waals surface area contributed by atoms with Crippen molar-refractivity contribution >= 4 is 5.82 Å². The van der Waals surface area contributed by atoms with Crippen LogP contribution in [0.4, 0.5) is 19.0 Å². The van der Waals surface area contributed by atoms with Crippen LogP contribution in [-0.2, 0) is 6.18 Å². The fourth-order valence-corrected chi connectivity index (χ4v) is 4.18. The van der Waals surface area contributed by atoms with E-state index in [1.54, 1.807) is 18.6 Å². The molecule has 3 heterocycles. The molecule has 6 nitrogen and oxygen atoms in total. The third-order valence-electron chi connectivity index (χ3n) is 5.79. The van der Waals surface area contributed by atoms with Crippen molar-refractivity contribution in [1.82, 2.24) is 24.7 Å². The molecule has 1 aromatic carbocycles. The molecule has 0 radical (unpaired) electrons. The number of halogens is 3. The molecule has 1 atom stereocenters. The summed E-state index contributed by atoms with van der Waals surface area (Å²) in [5.41, 5.74) is -0.0446. The van der Waals surface area contributed by atoms with Gasteiger partial charge < -0.3 is 4.90 Å². The van der Waals surface area contributed by atoms with E-state index < -0.39 is 11.7 Å². The zero-order valence-electron chi connectivity index (χ0n) is 15.8. The average Bonchev–Trinajstić information content (AvgIpc) is 3.15. The second kappa shape index (κ2) is 6.53. The van der Waals surface area contributed by atoms with Gasteiger partial charge in [0.2, 0.25) is 0 Å². The number of fused-ring (bicyclic) bond motifs is 3. The molecule has 0 bridgehead atoms. The van der Waals surface area contributed by atoms with Crippen molar-refractivity contribution in [2.24, 2.45) is 0 Å². The maximum Gasteiger partial charge on any atom is 0.417 e. The summed E-state index contributed by atoms with van der Waals surface area (Å²) in [7, 11) is 0. The Morgan fingerprint density at radius 2 is 1.97 bits per heavy atom. The fraction of sp³-hybridized carbons (Fsp3) is 0.400. The molecule has 9 heteroatoms. The molecule has 1 aliphatic carbocycles. The van der Waals surface area contributed by atoms with E-state index in [1.165, 1.54) is 12.1 Å². The lowest BCUT2D eigenvalue weighted by atomic mass is 9.89. The van der Waals surface area contributed by atoms with Gasteiger partial charge in [0.05, 0.1) is 17.8 Å². The molecule has 0 amide bonds. The molecule has 1 aliphatic heterocycles. The van der Waals surface area contributed by atoms with Crippen LogP contribution in [0, 0.1) is 0 Å². The van der Waals surface area contributed by atoms with E-state index in [2.05, 4.69) is 32.0 Å². The number of hydrogen-bond acceptors (Lipinski definition) is 5. The first-order valence-electron chi connectivity index (χ1n) is 9.71. The van der Waals surface area contributed by atoms with Crippen molar-refractivity contribution in [3.63, 3.8) is 0 Å². The van der Waals surface area contributed by atoms with Crippen LogP contribution in [0.1, 0.15) is 50.0 Å². The van der Waals surface area contributed by atoms with Crippen LogP contribution < -0.4 is 4.90 Å². The maximum absolute atomic E-state index is 13.5. The summed E-state index contributed by atoms with van der Waals surface area (Å²) in [6.45, 7) is 2.07. The van der Waals surface area contributed by atoms with E-state index in [9.17, 15) is 13.2 Å². The summed E-state index contributed by atoms with van der Waals surface area (Å²) in [5, 5.41) is 8.34. The van der Waals surface area contributed by atoms with E-state index >= 15 is 0 Å². The summed E-state index contributed by atoms with van der Waals surface area (Å²) in [6, 6.07) is 5.71. The highest BCUT2D eigenvalue weighted by Gasteiger charge is 2.40. The molecule has 0 saturated heterocycles. The fourth-order valence-electron chi connectivity index (χ4n) is 4.18. The zero-order valence-corrected chi connectivity index (χ0v) is 15.8. The smallest absolute Gasteiger partial charge is 0.342 e. The van der Waals surface area contributed by atoms with Gasteiger partial charge in [0.25, 0.3) is 0 Å². The zero-order chi connectivity index (χ0) is 20.2. The standard InChI is InChI=1S/C20H19F3N6/c1-2-15-19-27-25-11-28(19)16-10-24-17(26-18(16)29(15)12-6-5-7-12)13-8-3-4-9-14(13)20(21,22)23/h3-4,8-12,15H,2,5-7H2,1H3. The Kier molecular flexibility index (Phi) is 4.07. The number of anilines is 1. The molecule has 2 aliphatic rings. The Bertz CT molecular complexity index is 1060. The molecule has 5 rings (SSSR count). The minimum atomic E-state index is -4.48. The van der Waals surface area contributed by atoms with Crippen LogP contribution in [0.15, 0.2) is 36.8 Å². The van der Waals surface area contributed by atoms with Crippen molar-refractivity contribution in [1.29, 1.82) is 0 Å². The Labute approximate surface area is 165 Å². The Morgan fingerprint density at radius 3 is 2.66 bits per heavy atom. The van der Waals surface area contributed by atoms with Crippen LogP contribution in [0.5, 0.6) is 0 Å². The van der Waals surface area contributed by atoms with Gasteiger partial charge in [-0.15, -0.1) is 10.2 Å². The van der Waals surface area contributed by atoms with Gasteiger partial charge in [-0.25, -0.2) is 9.97 Å². The van der Waals surface area contributed by atoms with Crippen LogP contribution in [-0.4, -0.2) is 30.8 Å². The van der Waals surface area contributed by atoms with Gasteiger partial charge in [0.1, 0.15) is 12.0 Å². The average molecular weight is 400 g/mol. The number of aromatic nitrogens is 5.